The summed E-state index contributed by atoms with van der Waals surface area (Å²) >= 11 is 0. The molecule has 0 radical (unpaired) electrons. The molecule has 17 heavy (non-hydrogen) atoms. The predicted molar refractivity (Wildman–Crippen MR) is 66.5 cm³/mol. The van der Waals surface area contributed by atoms with E-state index < -0.39 is 0 Å². The SMILES string of the molecule is CCc1c(N)ncnc1NCCn1ccnc1. The summed E-state index contributed by atoms with van der Waals surface area (Å²) in [6.07, 6.45) is 7.78. The number of imidazole rings is 1. The van der Waals surface area contributed by atoms with Crippen molar-refractivity contribution in [1.82, 2.24) is 19.5 Å². The van der Waals surface area contributed by atoms with Crippen molar-refractivity contribution < 1.29 is 0 Å². The van der Waals surface area contributed by atoms with Gasteiger partial charge in [-0.05, 0) is 6.42 Å². The molecule has 2 aromatic heterocycles. The third-order valence-electron chi connectivity index (χ3n) is 2.55. The molecule has 0 bridgehead atoms. The Hall–Kier alpha value is -2.11. The van der Waals surface area contributed by atoms with Crippen LogP contribution in [0.25, 0.3) is 0 Å². The van der Waals surface area contributed by atoms with Crippen LogP contribution in [0.1, 0.15) is 12.5 Å². The van der Waals surface area contributed by atoms with E-state index in [0.717, 1.165) is 30.9 Å². The normalized spacial score (nSPS) is 10.4. The van der Waals surface area contributed by atoms with Gasteiger partial charge in [-0.3, -0.25) is 0 Å². The van der Waals surface area contributed by atoms with Crippen LogP contribution in [0.15, 0.2) is 25.0 Å². The molecule has 0 saturated carbocycles. The van der Waals surface area contributed by atoms with Crippen molar-refractivity contribution in [1.29, 1.82) is 0 Å². The van der Waals surface area contributed by atoms with Crippen LogP contribution in [0.2, 0.25) is 0 Å². The van der Waals surface area contributed by atoms with E-state index in [-0.39, 0.29) is 0 Å². The van der Waals surface area contributed by atoms with E-state index in [1.54, 1.807) is 12.5 Å². The third-order valence-corrected chi connectivity index (χ3v) is 2.55. The quantitative estimate of drug-likeness (QED) is 0.801. The van der Waals surface area contributed by atoms with Gasteiger partial charge in [-0.25, -0.2) is 15.0 Å². The zero-order chi connectivity index (χ0) is 12.1. The molecule has 0 fully saturated rings. The largest absolute Gasteiger partial charge is 0.383 e. The van der Waals surface area contributed by atoms with E-state index in [0.29, 0.717) is 5.82 Å². The van der Waals surface area contributed by atoms with Gasteiger partial charge in [0.15, 0.2) is 0 Å². The topological polar surface area (TPSA) is 81.6 Å². The van der Waals surface area contributed by atoms with Crippen LogP contribution >= 0.6 is 0 Å². The maximum Gasteiger partial charge on any atom is 0.134 e. The third kappa shape index (κ3) is 2.72. The van der Waals surface area contributed by atoms with Crippen LogP contribution in [0.3, 0.4) is 0 Å². The molecule has 6 nitrogen and oxygen atoms in total. The van der Waals surface area contributed by atoms with Crippen molar-refractivity contribution in [3.8, 4) is 0 Å². The number of anilines is 2. The van der Waals surface area contributed by atoms with Crippen LogP contribution in [-0.4, -0.2) is 26.1 Å². The minimum Gasteiger partial charge on any atom is -0.383 e. The molecule has 0 atom stereocenters. The van der Waals surface area contributed by atoms with Gasteiger partial charge >= 0.3 is 0 Å². The smallest absolute Gasteiger partial charge is 0.134 e. The average Bonchev–Trinajstić information content (AvgIpc) is 2.82. The first-order valence-electron chi connectivity index (χ1n) is 5.60. The highest BCUT2D eigenvalue weighted by Gasteiger charge is 2.05. The van der Waals surface area contributed by atoms with Crippen molar-refractivity contribution in [3.63, 3.8) is 0 Å². The zero-order valence-corrected chi connectivity index (χ0v) is 9.80. The molecule has 0 spiro atoms. The molecule has 0 amide bonds. The van der Waals surface area contributed by atoms with Crippen molar-refractivity contribution in [3.05, 3.63) is 30.6 Å². The number of nitrogens with two attached hydrogens (primary N) is 1. The Morgan fingerprint density at radius 3 is 3.00 bits per heavy atom. The molecule has 90 valence electrons. The van der Waals surface area contributed by atoms with Gasteiger partial charge < -0.3 is 15.6 Å². The average molecular weight is 232 g/mol. The fourth-order valence-corrected chi connectivity index (χ4v) is 1.65. The van der Waals surface area contributed by atoms with Gasteiger partial charge in [-0.15, -0.1) is 0 Å². The molecule has 2 aromatic rings. The van der Waals surface area contributed by atoms with Crippen molar-refractivity contribution in [2.75, 3.05) is 17.6 Å². The molecule has 3 N–H and O–H groups in total. The molecule has 0 aromatic carbocycles. The van der Waals surface area contributed by atoms with Crippen molar-refractivity contribution >= 4 is 11.6 Å². The summed E-state index contributed by atoms with van der Waals surface area (Å²) in [7, 11) is 0. The monoisotopic (exact) mass is 232 g/mol. The van der Waals surface area contributed by atoms with E-state index >= 15 is 0 Å². The van der Waals surface area contributed by atoms with Gasteiger partial charge in [0.05, 0.1) is 6.33 Å². The summed E-state index contributed by atoms with van der Waals surface area (Å²) in [6, 6.07) is 0. The lowest BCUT2D eigenvalue weighted by Crippen LogP contribution is -2.13. The molecular weight excluding hydrogens is 216 g/mol. The van der Waals surface area contributed by atoms with Gasteiger partial charge in [0.25, 0.3) is 0 Å². The molecule has 0 aliphatic heterocycles. The molecule has 2 rings (SSSR count). The number of rotatable bonds is 5. The van der Waals surface area contributed by atoms with E-state index in [9.17, 15) is 0 Å². The lowest BCUT2D eigenvalue weighted by atomic mass is 10.2. The first kappa shape index (κ1) is 11.4. The first-order valence-corrected chi connectivity index (χ1v) is 5.60. The number of nitrogens with zero attached hydrogens (tertiary/aromatic N) is 4. The van der Waals surface area contributed by atoms with Crippen LogP contribution < -0.4 is 11.1 Å². The number of nitrogen functional groups attached to an aromatic ring is 1. The summed E-state index contributed by atoms with van der Waals surface area (Å²) in [5, 5.41) is 3.26. The van der Waals surface area contributed by atoms with Gasteiger partial charge in [0.1, 0.15) is 18.0 Å². The lowest BCUT2D eigenvalue weighted by Gasteiger charge is -2.11. The van der Waals surface area contributed by atoms with Crippen LogP contribution in [0, 0.1) is 0 Å². The van der Waals surface area contributed by atoms with Crippen LogP contribution in [0.5, 0.6) is 0 Å². The maximum atomic E-state index is 5.79. The van der Waals surface area contributed by atoms with E-state index in [1.165, 1.54) is 6.33 Å². The molecule has 0 unspecified atom stereocenters. The summed E-state index contributed by atoms with van der Waals surface area (Å²) in [5.74, 6) is 1.37. The first-order chi connectivity index (χ1) is 8.31. The molecule has 0 saturated heterocycles. The molecule has 0 aliphatic rings. The van der Waals surface area contributed by atoms with Crippen LogP contribution in [-0.2, 0) is 13.0 Å². The fraction of sp³-hybridized carbons (Fsp3) is 0.364. The molecule has 0 aliphatic carbocycles. The summed E-state index contributed by atoms with van der Waals surface area (Å²) in [5.41, 5.74) is 6.76. The summed E-state index contributed by atoms with van der Waals surface area (Å²) in [4.78, 5) is 12.2. The molecule has 2 heterocycles. The van der Waals surface area contributed by atoms with E-state index in [1.807, 2.05) is 17.7 Å². The van der Waals surface area contributed by atoms with Gasteiger partial charge in [0.2, 0.25) is 0 Å². The van der Waals surface area contributed by atoms with E-state index in [4.69, 9.17) is 5.73 Å². The number of hydrogen-bond acceptors (Lipinski definition) is 5. The minimum absolute atomic E-state index is 0.549. The maximum absolute atomic E-state index is 5.79. The zero-order valence-electron chi connectivity index (χ0n) is 9.80. The predicted octanol–water partition coefficient (Wildman–Crippen LogP) is 0.930. The van der Waals surface area contributed by atoms with E-state index in [2.05, 4.69) is 20.3 Å². The Bertz CT molecular complexity index is 465. The second-order valence-electron chi connectivity index (χ2n) is 3.67. The number of hydrogen-bond donors (Lipinski definition) is 2. The number of aromatic nitrogens is 4. The number of nitrogens with one attached hydrogen (secondary N) is 1. The summed E-state index contributed by atoms with van der Waals surface area (Å²) < 4.78 is 2.00. The van der Waals surface area contributed by atoms with Crippen molar-refractivity contribution in [2.45, 2.75) is 19.9 Å². The Kier molecular flexibility index (Phi) is 3.54. The highest BCUT2D eigenvalue weighted by atomic mass is 15.1. The standard InChI is InChI=1S/C11H16N6/c1-2-9-10(12)15-7-16-11(9)14-4-6-17-5-3-13-8-17/h3,5,7-8H,2,4,6H2,1H3,(H3,12,14,15,16). The Labute approximate surface area is 99.9 Å². The Morgan fingerprint density at radius 1 is 1.41 bits per heavy atom. The Morgan fingerprint density at radius 2 is 2.29 bits per heavy atom. The van der Waals surface area contributed by atoms with Gasteiger partial charge in [0, 0.05) is 31.0 Å². The fourth-order valence-electron chi connectivity index (χ4n) is 1.65. The minimum atomic E-state index is 0.549. The highest BCUT2D eigenvalue weighted by molar-refractivity contribution is 5.54. The van der Waals surface area contributed by atoms with Gasteiger partial charge in [-0.1, -0.05) is 6.92 Å². The van der Waals surface area contributed by atoms with Crippen molar-refractivity contribution in [2.24, 2.45) is 0 Å². The molecule has 6 heteroatoms. The van der Waals surface area contributed by atoms with Crippen LogP contribution in [0.4, 0.5) is 11.6 Å². The Balaban J connectivity index is 1.97. The highest BCUT2D eigenvalue weighted by Crippen LogP contribution is 2.16. The van der Waals surface area contributed by atoms with Gasteiger partial charge in [-0.2, -0.15) is 0 Å². The summed E-state index contributed by atoms with van der Waals surface area (Å²) in [6.45, 7) is 3.66. The second kappa shape index (κ2) is 5.29. The lowest BCUT2D eigenvalue weighted by molar-refractivity contribution is 0.724. The molecular formula is C11H16N6. The second-order valence-corrected chi connectivity index (χ2v) is 3.67.